The largest absolute Gasteiger partial charge is 0.380 e. The first-order chi connectivity index (χ1) is 9.99. The molecule has 0 bridgehead atoms. The van der Waals surface area contributed by atoms with E-state index in [1.54, 1.807) is 6.20 Å². The van der Waals surface area contributed by atoms with Crippen LogP contribution >= 0.6 is 15.9 Å². The summed E-state index contributed by atoms with van der Waals surface area (Å²) in [7, 11) is 0. The first-order valence-corrected chi connectivity index (χ1v) is 8.80. The first kappa shape index (κ1) is 16.5. The average Bonchev–Trinajstić information content (AvgIpc) is 2.47. The molecule has 2 rings (SSSR count). The maximum absolute atomic E-state index is 12.3. The molecule has 0 aliphatic heterocycles. The first-order valence-electron chi connectivity index (χ1n) is 8.01. The van der Waals surface area contributed by atoms with Gasteiger partial charge in [0.2, 0.25) is 0 Å². The fourth-order valence-electron chi connectivity index (χ4n) is 3.04. The lowest BCUT2D eigenvalue weighted by atomic mass is 9.84. The quantitative estimate of drug-likeness (QED) is 0.866. The molecule has 1 N–H and O–H groups in total. The molecule has 0 aromatic carbocycles. The third-order valence-corrected chi connectivity index (χ3v) is 5.03. The zero-order chi connectivity index (χ0) is 15.4. The standard InChI is InChI=1S/C16H26BrN3O/c1-11(2)10-20-16(21)15(17)14(9-18-20)19-12(3)13-7-5-4-6-8-13/h9,11-13,19H,4-8,10H2,1-3H3. The van der Waals surface area contributed by atoms with Crippen LogP contribution in [0.5, 0.6) is 0 Å². The molecule has 1 fully saturated rings. The lowest BCUT2D eigenvalue weighted by molar-refractivity contribution is 0.328. The summed E-state index contributed by atoms with van der Waals surface area (Å²) in [5, 5.41) is 7.77. The van der Waals surface area contributed by atoms with Crippen molar-refractivity contribution in [1.82, 2.24) is 9.78 Å². The molecule has 118 valence electrons. The zero-order valence-electron chi connectivity index (χ0n) is 13.2. The normalized spacial score (nSPS) is 18.0. The van der Waals surface area contributed by atoms with E-state index in [1.807, 2.05) is 0 Å². The summed E-state index contributed by atoms with van der Waals surface area (Å²) in [5.41, 5.74) is 0.766. The summed E-state index contributed by atoms with van der Waals surface area (Å²) < 4.78 is 2.13. The Morgan fingerprint density at radius 1 is 1.33 bits per heavy atom. The van der Waals surface area contributed by atoms with Crippen molar-refractivity contribution in [2.24, 2.45) is 11.8 Å². The number of halogens is 1. The lowest BCUT2D eigenvalue weighted by Crippen LogP contribution is -2.31. The van der Waals surface area contributed by atoms with Crippen molar-refractivity contribution >= 4 is 21.6 Å². The van der Waals surface area contributed by atoms with Crippen molar-refractivity contribution in [1.29, 1.82) is 0 Å². The van der Waals surface area contributed by atoms with Gasteiger partial charge < -0.3 is 5.32 Å². The second-order valence-electron chi connectivity index (χ2n) is 6.58. The third-order valence-electron chi connectivity index (χ3n) is 4.26. The molecule has 1 unspecified atom stereocenters. The van der Waals surface area contributed by atoms with Gasteiger partial charge in [0.15, 0.2) is 0 Å². The predicted octanol–water partition coefficient (Wildman–Crippen LogP) is 4.04. The van der Waals surface area contributed by atoms with Gasteiger partial charge in [0, 0.05) is 12.6 Å². The molecule has 0 spiro atoms. The number of hydrogen-bond acceptors (Lipinski definition) is 3. The van der Waals surface area contributed by atoms with E-state index in [4.69, 9.17) is 0 Å². The van der Waals surface area contributed by atoms with Gasteiger partial charge in [-0.05, 0) is 47.5 Å². The van der Waals surface area contributed by atoms with Crippen LogP contribution in [0.1, 0.15) is 52.9 Å². The highest BCUT2D eigenvalue weighted by Gasteiger charge is 2.21. The topological polar surface area (TPSA) is 46.9 Å². The zero-order valence-corrected chi connectivity index (χ0v) is 14.8. The number of nitrogens with one attached hydrogen (secondary N) is 1. The molecule has 1 aliphatic rings. The van der Waals surface area contributed by atoms with Gasteiger partial charge in [0.05, 0.1) is 11.9 Å². The molecule has 1 heterocycles. The number of aromatic nitrogens is 2. The number of nitrogens with zero attached hydrogens (tertiary/aromatic N) is 2. The molecule has 0 radical (unpaired) electrons. The minimum Gasteiger partial charge on any atom is -0.380 e. The van der Waals surface area contributed by atoms with Crippen LogP contribution in [0, 0.1) is 11.8 Å². The highest BCUT2D eigenvalue weighted by Crippen LogP contribution is 2.29. The van der Waals surface area contributed by atoms with Crippen LogP contribution in [0.3, 0.4) is 0 Å². The lowest BCUT2D eigenvalue weighted by Gasteiger charge is -2.29. The minimum absolute atomic E-state index is 0.0513. The van der Waals surface area contributed by atoms with Crippen LogP contribution in [0.25, 0.3) is 0 Å². The van der Waals surface area contributed by atoms with Gasteiger partial charge in [0.25, 0.3) is 5.56 Å². The second-order valence-corrected chi connectivity index (χ2v) is 7.38. The Kier molecular flexibility index (Phi) is 5.85. The smallest absolute Gasteiger partial charge is 0.283 e. The van der Waals surface area contributed by atoms with Gasteiger partial charge in [-0.15, -0.1) is 0 Å². The molecule has 21 heavy (non-hydrogen) atoms. The van der Waals surface area contributed by atoms with Crippen LogP contribution in [-0.4, -0.2) is 15.8 Å². The Morgan fingerprint density at radius 2 is 2.00 bits per heavy atom. The summed E-state index contributed by atoms with van der Waals surface area (Å²) in [6.45, 7) is 7.02. The Morgan fingerprint density at radius 3 is 2.62 bits per heavy atom. The van der Waals surface area contributed by atoms with E-state index in [9.17, 15) is 4.79 Å². The van der Waals surface area contributed by atoms with Crippen LogP contribution in [0.4, 0.5) is 5.69 Å². The van der Waals surface area contributed by atoms with E-state index in [-0.39, 0.29) is 5.56 Å². The van der Waals surface area contributed by atoms with E-state index >= 15 is 0 Å². The fourth-order valence-corrected chi connectivity index (χ4v) is 3.46. The summed E-state index contributed by atoms with van der Waals surface area (Å²) in [4.78, 5) is 12.3. The van der Waals surface area contributed by atoms with Crippen molar-refractivity contribution in [3.8, 4) is 0 Å². The minimum atomic E-state index is -0.0513. The highest BCUT2D eigenvalue weighted by molar-refractivity contribution is 9.10. The molecule has 0 saturated heterocycles. The summed E-state index contributed by atoms with van der Waals surface area (Å²) in [5.74, 6) is 1.10. The fraction of sp³-hybridized carbons (Fsp3) is 0.750. The maximum Gasteiger partial charge on any atom is 0.283 e. The Balaban J connectivity index is 2.09. The third kappa shape index (κ3) is 4.31. The highest BCUT2D eigenvalue weighted by atomic mass is 79.9. The molecule has 1 aromatic rings. The van der Waals surface area contributed by atoms with E-state index in [2.05, 4.69) is 47.1 Å². The van der Waals surface area contributed by atoms with Crippen LogP contribution in [-0.2, 0) is 6.54 Å². The Labute approximate surface area is 135 Å². The van der Waals surface area contributed by atoms with Crippen LogP contribution in [0.15, 0.2) is 15.5 Å². The molecular formula is C16H26BrN3O. The van der Waals surface area contributed by atoms with E-state index < -0.39 is 0 Å². The van der Waals surface area contributed by atoms with Crippen molar-refractivity contribution in [2.45, 2.75) is 65.5 Å². The van der Waals surface area contributed by atoms with Crippen molar-refractivity contribution in [3.63, 3.8) is 0 Å². The second kappa shape index (κ2) is 7.43. The monoisotopic (exact) mass is 355 g/mol. The molecule has 1 atom stereocenters. The molecule has 1 aromatic heterocycles. The molecule has 5 heteroatoms. The number of rotatable bonds is 5. The van der Waals surface area contributed by atoms with E-state index in [0.717, 1.165) is 5.69 Å². The van der Waals surface area contributed by atoms with Crippen molar-refractivity contribution < 1.29 is 0 Å². The van der Waals surface area contributed by atoms with Gasteiger partial charge in [-0.2, -0.15) is 5.10 Å². The van der Waals surface area contributed by atoms with Crippen molar-refractivity contribution in [2.75, 3.05) is 5.32 Å². The number of anilines is 1. The molecule has 4 nitrogen and oxygen atoms in total. The maximum atomic E-state index is 12.3. The Bertz CT molecular complexity index is 521. The van der Waals surface area contributed by atoms with Crippen LogP contribution in [0.2, 0.25) is 0 Å². The summed E-state index contributed by atoms with van der Waals surface area (Å²) in [6.07, 6.45) is 8.35. The molecule has 1 aliphatic carbocycles. The molecule has 1 saturated carbocycles. The van der Waals surface area contributed by atoms with Gasteiger partial charge in [-0.3, -0.25) is 4.79 Å². The van der Waals surface area contributed by atoms with Gasteiger partial charge in [0.1, 0.15) is 4.47 Å². The summed E-state index contributed by atoms with van der Waals surface area (Å²) >= 11 is 3.44. The van der Waals surface area contributed by atoms with E-state index in [0.29, 0.717) is 28.9 Å². The SMILES string of the molecule is CC(C)Cn1ncc(NC(C)C2CCCCC2)c(Br)c1=O. The number of hydrogen-bond donors (Lipinski definition) is 1. The molecular weight excluding hydrogens is 330 g/mol. The van der Waals surface area contributed by atoms with Gasteiger partial charge in [-0.25, -0.2) is 4.68 Å². The van der Waals surface area contributed by atoms with Gasteiger partial charge >= 0.3 is 0 Å². The van der Waals surface area contributed by atoms with Crippen LogP contribution < -0.4 is 10.9 Å². The van der Waals surface area contributed by atoms with Crippen molar-refractivity contribution in [3.05, 3.63) is 21.0 Å². The Hall–Kier alpha value is -0.840. The van der Waals surface area contributed by atoms with Gasteiger partial charge in [-0.1, -0.05) is 33.1 Å². The summed E-state index contributed by atoms with van der Waals surface area (Å²) in [6, 6.07) is 0.378. The van der Waals surface area contributed by atoms with E-state index in [1.165, 1.54) is 36.8 Å². The average molecular weight is 356 g/mol. The predicted molar refractivity (Wildman–Crippen MR) is 90.7 cm³/mol. The molecule has 0 amide bonds.